The maximum atomic E-state index is 11.9. The summed E-state index contributed by atoms with van der Waals surface area (Å²) in [6.45, 7) is 2.23. The molecule has 1 saturated heterocycles. The second-order valence-corrected chi connectivity index (χ2v) is 4.98. The first kappa shape index (κ1) is 14.0. The van der Waals surface area contributed by atoms with Crippen molar-refractivity contribution >= 4 is 11.6 Å². The predicted octanol–water partition coefficient (Wildman–Crippen LogP) is 0.540. The molecule has 1 atom stereocenters. The van der Waals surface area contributed by atoms with Crippen LogP contribution in [0.2, 0.25) is 0 Å². The van der Waals surface area contributed by atoms with Gasteiger partial charge in [-0.3, -0.25) is 9.69 Å². The van der Waals surface area contributed by atoms with Crippen LogP contribution >= 0.6 is 0 Å². The van der Waals surface area contributed by atoms with Crippen molar-refractivity contribution < 1.29 is 9.90 Å². The van der Waals surface area contributed by atoms with Crippen molar-refractivity contribution in [2.75, 3.05) is 25.0 Å². The molecule has 1 unspecified atom stereocenters. The molecule has 1 amide bonds. The molecule has 0 aromatic heterocycles. The third kappa shape index (κ3) is 4.31. The van der Waals surface area contributed by atoms with Gasteiger partial charge >= 0.3 is 0 Å². The highest BCUT2D eigenvalue weighted by molar-refractivity contribution is 5.92. The fraction of sp³-hybridized carbons (Fsp3) is 0.500. The monoisotopic (exact) mass is 263 g/mol. The number of carbonyl (C=O) groups excluding carboxylic acids is 1. The van der Waals surface area contributed by atoms with E-state index in [1.807, 2.05) is 29.2 Å². The molecule has 0 spiro atoms. The van der Waals surface area contributed by atoms with E-state index in [9.17, 15) is 9.90 Å². The Labute approximate surface area is 113 Å². The molecule has 1 aliphatic rings. The summed E-state index contributed by atoms with van der Waals surface area (Å²) >= 11 is 0. The third-order valence-corrected chi connectivity index (χ3v) is 3.29. The molecule has 1 aromatic rings. The largest absolute Gasteiger partial charge is 0.392 e. The van der Waals surface area contributed by atoms with Crippen LogP contribution in [-0.2, 0) is 11.3 Å². The minimum absolute atomic E-state index is 0.0525. The molecule has 0 bridgehead atoms. The number of nitrogens with two attached hydrogens (primary N) is 1. The lowest BCUT2D eigenvalue weighted by Crippen LogP contribution is -2.42. The van der Waals surface area contributed by atoms with E-state index in [2.05, 4.69) is 5.32 Å². The molecule has 0 radical (unpaired) electrons. The lowest BCUT2D eigenvalue weighted by atomic mass is 10.1. The van der Waals surface area contributed by atoms with Crippen molar-refractivity contribution in [1.82, 2.24) is 4.90 Å². The van der Waals surface area contributed by atoms with E-state index in [4.69, 9.17) is 5.73 Å². The number of anilines is 1. The topological polar surface area (TPSA) is 78.6 Å². The fourth-order valence-electron chi connectivity index (χ4n) is 2.35. The maximum absolute atomic E-state index is 11.9. The van der Waals surface area contributed by atoms with E-state index < -0.39 is 0 Å². The highest BCUT2D eigenvalue weighted by atomic mass is 16.3. The predicted molar refractivity (Wildman–Crippen MR) is 74.6 cm³/mol. The Morgan fingerprint density at radius 3 is 3.11 bits per heavy atom. The van der Waals surface area contributed by atoms with E-state index in [-0.39, 0.29) is 12.0 Å². The van der Waals surface area contributed by atoms with Gasteiger partial charge in [0, 0.05) is 18.8 Å². The van der Waals surface area contributed by atoms with Crippen molar-refractivity contribution in [2.24, 2.45) is 5.73 Å². The number of β-amino-alcohol motifs (C(OH)–C–C–N with tert-alkyl or cyclic N) is 1. The molecule has 1 aromatic carbocycles. The summed E-state index contributed by atoms with van der Waals surface area (Å²) in [4.78, 5) is 13.9. The van der Waals surface area contributed by atoms with Crippen molar-refractivity contribution in [3.63, 3.8) is 0 Å². The Kier molecular flexibility index (Phi) is 4.90. The molecule has 1 heterocycles. The highest BCUT2D eigenvalue weighted by Crippen LogP contribution is 2.12. The van der Waals surface area contributed by atoms with E-state index in [0.717, 1.165) is 30.6 Å². The van der Waals surface area contributed by atoms with Crippen LogP contribution < -0.4 is 11.1 Å². The van der Waals surface area contributed by atoms with Crippen LogP contribution in [0.15, 0.2) is 24.3 Å². The zero-order valence-electron chi connectivity index (χ0n) is 11.0. The smallest absolute Gasteiger partial charge is 0.238 e. The number of rotatable bonds is 4. The zero-order chi connectivity index (χ0) is 13.7. The summed E-state index contributed by atoms with van der Waals surface area (Å²) in [6, 6.07) is 7.53. The first-order chi connectivity index (χ1) is 9.17. The second kappa shape index (κ2) is 6.65. The number of aliphatic hydroxyl groups is 1. The van der Waals surface area contributed by atoms with Crippen LogP contribution in [0.25, 0.3) is 0 Å². The Morgan fingerprint density at radius 1 is 1.53 bits per heavy atom. The third-order valence-electron chi connectivity index (χ3n) is 3.29. The van der Waals surface area contributed by atoms with Gasteiger partial charge in [-0.1, -0.05) is 12.1 Å². The first-order valence-electron chi connectivity index (χ1n) is 6.66. The highest BCUT2D eigenvalue weighted by Gasteiger charge is 2.19. The van der Waals surface area contributed by atoms with Gasteiger partial charge in [-0.25, -0.2) is 0 Å². The average molecular weight is 263 g/mol. The molecule has 1 aliphatic heterocycles. The Hall–Kier alpha value is -1.43. The maximum Gasteiger partial charge on any atom is 0.238 e. The van der Waals surface area contributed by atoms with Crippen LogP contribution in [0.3, 0.4) is 0 Å². The number of aliphatic hydroxyl groups excluding tert-OH is 1. The molecule has 5 heteroatoms. The summed E-state index contributed by atoms with van der Waals surface area (Å²) in [5.41, 5.74) is 7.33. The molecule has 4 N–H and O–H groups in total. The molecule has 19 heavy (non-hydrogen) atoms. The van der Waals surface area contributed by atoms with Crippen molar-refractivity contribution in [2.45, 2.75) is 25.5 Å². The second-order valence-electron chi connectivity index (χ2n) is 4.98. The van der Waals surface area contributed by atoms with E-state index in [1.165, 1.54) is 0 Å². The number of piperidine rings is 1. The molecular weight excluding hydrogens is 242 g/mol. The van der Waals surface area contributed by atoms with Gasteiger partial charge in [-0.2, -0.15) is 0 Å². The Bertz CT molecular complexity index is 436. The van der Waals surface area contributed by atoms with Gasteiger partial charge in [-0.05, 0) is 37.1 Å². The van der Waals surface area contributed by atoms with Gasteiger partial charge in [0.05, 0.1) is 12.6 Å². The summed E-state index contributed by atoms with van der Waals surface area (Å²) in [5.74, 6) is -0.0525. The van der Waals surface area contributed by atoms with Crippen molar-refractivity contribution in [1.29, 1.82) is 0 Å². The quantitative estimate of drug-likeness (QED) is 0.741. The number of nitrogens with zero attached hydrogens (tertiary/aromatic N) is 1. The van der Waals surface area contributed by atoms with Gasteiger partial charge in [0.15, 0.2) is 0 Å². The molecular formula is C14H21N3O2. The minimum atomic E-state index is -0.304. The van der Waals surface area contributed by atoms with Gasteiger partial charge < -0.3 is 16.2 Å². The number of hydrogen-bond acceptors (Lipinski definition) is 4. The number of likely N-dealkylation sites (tertiary alicyclic amines) is 1. The van der Waals surface area contributed by atoms with Gasteiger partial charge in [0.1, 0.15) is 0 Å². The number of nitrogens with one attached hydrogen (secondary N) is 1. The number of amides is 1. The minimum Gasteiger partial charge on any atom is -0.392 e. The first-order valence-corrected chi connectivity index (χ1v) is 6.66. The SMILES string of the molecule is NCc1cccc(NC(=O)CN2CCCC(O)C2)c1. The number of benzene rings is 1. The molecule has 1 fully saturated rings. The average Bonchev–Trinajstić information content (AvgIpc) is 2.38. The Balaban J connectivity index is 1.86. The van der Waals surface area contributed by atoms with Crippen molar-refractivity contribution in [3.8, 4) is 0 Å². The Morgan fingerprint density at radius 2 is 2.37 bits per heavy atom. The molecule has 2 rings (SSSR count). The van der Waals surface area contributed by atoms with E-state index in [1.54, 1.807) is 0 Å². The molecule has 5 nitrogen and oxygen atoms in total. The fourth-order valence-corrected chi connectivity index (χ4v) is 2.35. The normalized spacial score (nSPS) is 20.2. The van der Waals surface area contributed by atoms with Crippen molar-refractivity contribution in [3.05, 3.63) is 29.8 Å². The molecule has 0 saturated carbocycles. The van der Waals surface area contributed by atoms with Crippen LogP contribution in [-0.4, -0.2) is 41.7 Å². The molecule has 104 valence electrons. The van der Waals surface area contributed by atoms with Crippen LogP contribution in [0.4, 0.5) is 5.69 Å². The molecule has 0 aliphatic carbocycles. The van der Waals surface area contributed by atoms with E-state index in [0.29, 0.717) is 19.6 Å². The summed E-state index contributed by atoms with van der Waals surface area (Å²) in [5, 5.41) is 12.4. The van der Waals surface area contributed by atoms with Crippen LogP contribution in [0.5, 0.6) is 0 Å². The zero-order valence-corrected chi connectivity index (χ0v) is 11.0. The lowest BCUT2D eigenvalue weighted by Gasteiger charge is -2.29. The van der Waals surface area contributed by atoms with Crippen LogP contribution in [0.1, 0.15) is 18.4 Å². The number of hydrogen-bond donors (Lipinski definition) is 3. The summed E-state index contributed by atoms with van der Waals surface area (Å²) in [6.07, 6.45) is 1.47. The summed E-state index contributed by atoms with van der Waals surface area (Å²) < 4.78 is 0. The van der Waals surface area contributed by atoms with Gasteiger partial charge in [0.25, 0.3) is 0 Å². The van der Waals surface area contributed by atoms with E-state index >= 15 is 0 Å². The van der Waals surface area contributed by atoms with Crippen LogP contribution in [0, 0.1) is 0 Å². The lowest BCUT2D eigenvalue weighted by molar-refractivity contribution is -0.118. The van der Waals surface area contributed by atoms with Gasteiger partial charge in [-0.15, -0.1) is 0 Å². The standard InChI is InChI=1S/C14H21N3O2/c15-8-11-3-1-4-12(7-11)16-14(19)10-17-6-2-5-13(18)9-17/h1,3-4,7,13,18H,2,5-6,8-10,15H2,(H,16,19). The van der Waals surface area contributed by atoms with Gasteiger partial charge in [0.2, 0.25) is 5.91 Å². The number of carbonyl (C=O) groups is 1. The summed E-state index contributed by atoms with van der Waals surface area (Å²) in [7, 11) is 0.